The van der Waals surface area contributed by atoms with Gasteiger partial charge in [-0.3, -0.25) is 4.99 Å². The van der Waals surface area contributed by atoms with Crippen molar-refractivity contribution in [3.05, 3.63) is 84.4 Å². The van der Waals surface area contributed by atoms with Gasteiger partial charge in [-0.2, -0.15) is 0 Å². The predicted octanol–water partition coefficient (Wildman–Crippen LogP) is 3.30. The number of aliphatic imine (C=N–C) groups is 1. The monoisotopic (exact) mass is 293 g/mol. The van der Waals surface area contributed by atoms with Crippen LogP contribution >= 0.6 is 0 Å². The maximum Gasteiger partial charge on any atom is 0.188 e. The molecule has 114 valence electrons. The van der Waals surface area contributed by atoms with Gasteiger partial charge in [-0.1, -0.05) is 66.7 Å². The van der Waals surface area contributed by atoms with E-state index >= 15 is 0 Å². The highest BCUT2D eigenvalue weighted by Crippen LogP contribution is 2.27. The Balaban J connectivity index is 2.08. The Morgan fingerprint density at radius 3 is 2.09 bits per heavy atom. The molecule has 2 aromatic rings. The van der Waals surface area contributed by atoms with Crippen LogP contribution in [-0.2, 0) is 0 Å². The van der Waals surface area contributed by atoms with Crippen molar-refractivity contribution in [2.45, 2.75) is 12.3 Å². The Labute approximate surface area is 132 Å². The van der Waals surface area contributed by atoms with Crippen LogP contribution in [0.15, 0.2) is 78.3 Å². The zero-order chi connectivity index (χ0) is 15.6. The second-order valence-electron chi connectivity index (χ2n) is 5.10. The summed E-state index contributed by atoms with van der Waals surface area (Å²) in [6.45, 7) is 4.97. The van der Waals surface area contributed by atoms with Gasteiger partial charge in [-0.05, 0) is 17.5 Å². The molecule has 0 heterocycles. The summed E-state index contributed by atoms with van der Waals surface area (Å²) in [4.78, 5) is 4.39. The maximum absolute atomic E-state index is 5.81. The summed E-state index contributed by atoms with van der Waals surface area (Å²) in [5, 5.41) is 3.00. The molecule has 0 aliphatic rings. The van der Waals surface area contributed by atoms with Crippen LogP contribution < -0.4 is 11.1 Å². The summed E-state index contributed by atoms with van der Waals surface area (Å²) in [5.74, 6) is 0.804. The van der Waals surface area contributed by atoms with E-state index in [1.807, 2.05) is 12.1 Å². The van der Waals surface area contributed by atoms with Crippen molar-refractivity contribution < 1.29 is 0 Å². The van der Waals surface area contributed by atoms with E-state index in [1.54, 1.807) is 6.08 Å². The number of hydrogen-bond donors (Lipinski definition) is 2. The first kappa shape index (κ1) is 15.8. The normalized spacial score (nSPS) is 11.4. The number of guanidine groups is 1. The Hall–Kier alpha value is -2.55. The van der Waals surface area contributed by atoms with Crippen molar-refractivity contribution in [1.29, 1.82) is 0 Å². The zero-order valence-electron chi connectivity index (χ0n) is 12.8. The summed E-state index contributed by atoms with van der Waals surface area (Å²) in [5.41, 5.74) is 8.43. The minimum atomic E-state index is 0.332. The van der Waals surface area contributed by atoms with E-state index in [4.69, 9.17) is 5.73 Å². The van der Waals surface area contributed by atoms with Crippen LogP contribution in [0.2, 0.25) is 0 Å². The molecule has 22 heavy (non-hydrogen) atoms. The zero-order valence-corrected chi connectivity index (χ0v) is 12.8. The summed E-state index contributed by atoms with van der Waals surface area (Å²) >= 11 is 0. The highest BCUT2D eigenvalue weighted by molar-refractivity contribution is 5.77. The van der Waals surface area contributed by atoms with Crippen LogP contribution in [0, 0.1) is 0 Å². The molecule has 0 atom stereocenters. The molecule has 0 saturated carbocycles. The van der Waals surface area contributed by atoms with Crippen LogP contribution in [0.1, 0.15) is 23.5 Å². The molecule has 3 nitrogen and oxygen atoms in total. The van der Waals surface area contributed by atoms with Gasteiger partial charge in [-0.25, -0.2) is 0 Å². The molecule has 0 aliphatic heterocycles. The van der Waals surface area contributed by atoms with Crippen LogP contribution in [0.3, 0.4) is 0 Å². The van der Waals surface area contributed by atoms with Crippen molar-refractivity contribution >= 4 is 5.96 Å². The lowest BCUT2D eigenvalue weighted by molar-refractivity contribution is 0.724. The fourth-order valence-electron chi connectivity index (χ4n) is 2.44. The molecule has 0 spiro atoms. The number of nitrogens with two attached hydrogens (primary N) is 1. The highest BCUT2D eigenvalue weighted by atomic mass is 15.1. The molecule has 2 rings (SSSR count). The number of nitrogens with zero attached hydrogens (tertiary/aromatic N) is 1. The first-order chi connectivity index (χ1) is 10.8. The lowest BCUT2D eigenvalue weighted by Crippen LogP contribution is -2.31. The van der Waals surface area contributed by atoms with Crippen LogP contribution in [-0.4, -0.2) is 19.0 Å². The Morgan fingerprint density at radius 1 is 1.05 bits per heavy atom. The van der Waals surface area contributed by atoms with Gasteiger partial charge in [0.05, 0.1) is 0 Å². The summed E-state index contributed by atoms with van der Waals surface area (Å²) in [6.07, 6.45) is 2.68. The van der Waals surface area contributed by atoms with Gasteiger partial charge >= 0.3 is 0 Å². The van der Waals surface area contributed by atoms with E-state index in [-0.39, 0.29) is 0 Å². The van der Waals surface area contributed by atoms with E-state index < -0.39 is 0 Å². The van der Waals surface area contributed by atoms with Crippen LogP contribution in [0.25, 0.3) is 0 Å². The van der Waals surface area contributed by atoms with Crippen molar-refractivity contribution in [3.63, 3.8) is 0 Å². The predicted molar refractivity (Wildman–Crippen MR) is 94.0 cm³/mol. The van der Waals surface area contributed by atoms with Gasteiger partial charge in [0.25, 0.3) is 0 Å². The average Bonchev–Trinajstić information content (AvgIpc) is 2.58. The topological polar surface area (TPSA) is 50.4 Å². The second kappa shape index (κ2) is 8.67. The lowest BCUT2D eigenvalue weighted by atomic mass is 9.89. The largest absolute Gasteiger partial charge is 0.370 e. The van der Waals surface area contributed by atoms with Gasteiger partial charge in [0.2, 0.25) is 0 Å². The van der Waals surface area contributed by atoms with Gasteiger partial charge < -0.3 is 11.1 Å². The molecule has 3 N–H and O–H groups in total. The van der Waals surface area contributed by atoms with E-state index in [2.05, 4.69) is 65.4 Å². The molecule has 0 unspecified atom stereocenters. The standard InChI is InChI=1S/C19H23N3/c1-2-14-21-19(20)22-15-13-18(16-9-5-3-6-10-16)17-11-7-4-8-12-17/h2-12,18H,1,13-15H2,(H3,20,21,22). The lowest BCUT2D eigenvalue weighted by Gasteiger charge is -2.17. The quantitative estimate of drug-likeness (QED) is 0.467. The van der Waals surface area contributed by atoms with E-state index in [1.165, 1.54) is 11.1 Å². The fraction of sp³-hybridized carbons (Fsp3) is 0.211. The first-order valence-corrected chi connectivity index (χ1v) is 7.56. The van der Waals surface area contributed by atoms with Gasteiger partial charge in [-0.15, -0.1) is 6.58 Å². The third-order valence-electron chi connectivity index (χ3n) is 3.53. The number of rotatable bonds is 7. The Kier molecular flexibility index (Phi) is 6.24. The molecule has 0 fully saturated rings. The molecule has 0 saturated heterocycles. The van der Waals surface area contributed by atoms with Crippen molar-refractivity contribution in [2.75, 3.05) is 13.1 Å². The molecule has 0 aromatic heterocycles. The van der Waals surface area contributed by atoms with Crippen molar-refractivity contribution in [1.82, 2.24) is 5.32 Å². The minimum absolute atomic E-state index is 0.332. The third-order valence-corrected chi connectivity index (χ3v) is 3.53. The van der Waals surface area contributed by atoms with E-state index in [0.717, 1.165) is 6.42 Å². The summed E-state index contributed by atoms with van der Waals surface area (Å²) < 4.78 is 0. The molecular formula is C19H23N3. The highest BCUT2D eigenvalue weighted by Gasteiger charge is 2.13. The van der Waals surface area contributed by atoms with Crippen molar-refractivity contribution in [3.8, 4) is 0 Å². The smallest absolute Gasteiger partial charge is 0.188 e. The molecule has 2 aromatic carbocycles. The van der Waals surface area contributed by atoms with Gasteiger partial charge in [0.1, 0.15) is 0 Å². The Morgan fingerprint density at radius 2 is 1.59 bits per heavy atom. The fourth-order valence-corrected chi connectivity index (χ4v) is 2.44. The SMILES string of the molecule is C=CCNC(N)=NCCC(c1ccccc1)c1ccccc1. The maximum atomic E-state index is 5.81. The summed E-state index contributed by atoms with van der Waals surface area (Å²) in [6, 6.07) is 21.1. The molecule has 3 heteroatoms. The third kappa shape index (κ3) is 4.77. The molecule has 0 radical (unpaired) electrons. The molecule has 0 amide bonds. The van der Waals surface area contributed by atoms with Gasteiger partial charge in [0.15, 0.2) is 5.96 Å². The Bertz CT molecular complexity index is 551. The molecule has 0 aliphatic carbocycles. The van der Waals surface area contributed by atoms with E-state index in [9.17, 15) is 0 Å². The second-order valence-corrected chi connectivity index (χ2v) is 5.10. The number of hydrogen-bond acceptors (Lipinski definition) is 1. The minimum Gasteiger partial charge on any atom is -0.370 e. The van der Waals surface area contributed by atoms with Gasteiger partial charge in [0, 0.05) is 19.0 Å². The first-order valence-electron chi connectivity index (χ1n) is 7.56. The molecular weight excluding hydrogens is 270 g/mol. The van der Waals surface area contributed by atoms with Crippen LogP contribution in [0.4, 0.5) is 0 Å². The van der Waals surface area contributed by atoms with Crippen molar-refractivity contribution in [2.24, 2.45) is 10.7 Å². The summed E-state index contributed by atoms with van der Waals surface area (Å²) in [7, 11) is 0. The van der Waals surface area contributed by atoms with Crippen LogP contribution in [0.5, 0.6) is 0 Å². The molecule has 0 bridgehead atoms. The number of nitrogens with one attached hydrogen (secondary N) is 1. The average molecular weight is 293 g/mol. The number of benzene rings is 2. The van der Waals surface area contributed by atoms with E-state index in [0.29, 0.717) is 25.0 Å².